The van der Waals surface area contributed by atoms with E-state index in [0.29, 0.717) is 5.95 Å². The van der Waals surface area contributed by atoms with Crippen LogP contribution in [0.4, 0.5) is 5.82 Å². The molecule has 6 nitrogen and oxygen atoms in total. The van der Waals surface area contributed by atoms with Crippen molar-refractivity contribution in [1.29, 1.82) is 0 Å². The molecule has 3 aromatic heterocycles. The maximum Gasteiger partial charge on any atom is 0.237 e. The van der Waals surface area contributed by atoms with Crippen molar-refractivity contribution in [2.75, 3.05) is 11.9 Å². The smallest absolute Gasteiger partial charge is 0.237 e. The number of fused-ring (bicyclic) bond motifs is 2. The molecular formula is C22H22N6. The van der Waals surface area contributed by atoms with Crippen LogP contribution in [0.15, 0.2) is 54.7 Å². The molecule has 140 valence electrons. The molecule has 0 unspecified atom stereocenters. The van der Waals surface area contributed by atoms with Gasteiger partial charge in [0.1, 0.15) is 11.5 Å². The lowest BCUT2D eigenvalue weighted by Gasteiger charge is -2.21. The molecule has 0 aliphatic carbocycles. The van der Waals surface area contributed by atoms with E-state index in [0.717, 1.165) is 59.9 Å². The molecule has 0 saturated heterocycles. The maximum absolute atomic E-state index is 4.92. The van der Waals surface area contributed by atoms with Gasteiger partial charge < -0.3 is 10.6 Å². The molecule has 0 amide bonds. The molecule has 0 atom stereocenters. The molecule has 28 heavy (non-hydrogen) atoms. The second-order valence-electron chi connectivity index (χ2n) is 7.10. The van der Waals surface area contributed by atoms with Gasteiger partial charge in [0.15, 0.2) is 0 Å². The highest BCUT2D eigenvalue weighted by atomic mass is 15.2. The molecule has 0 bridgehead atoms. The van der Waals surface area contributed by atoms with Crippen LogP contribution in [0.2, 0.25) is 0 Å². The van der Waals surface area contributed by atoms with Crippen LogP contribution in [0.25, 0.3) is 17.0 Å². The van der Waals surface area contributed by atoms with E-state index in [4.69, 9.17) is 9.97 Å². The minimum Gasteiger partial charge on any atom is -0.366 e. The minimum absolute atomic E-state index is 0.683. The molecule has 5 rings (SSSR count). The van der Waals surface area contributed by atoms with E-state index in [-0.39, 0.29) is 0 Å². The first-order valence-corrected chi connectivity index (χ1v) is 9.61. The van der Waals surface area contributed by atoms with Gasteiger partial charge in [-0.05, 0) is 30.7 Å². The average Bonchev–Trinajstić information content (AvgIpc) is 3.08. The highest BCUT2D eigenvalue weighted by molar-refractivity contribution is 5.78. The van der Waals surface area contributed by atoms with Crippen LogP contribution in [0, 0.1) is 6.92 Å². The third-order valence-electron chi connectivity index (χ3n) is 5.17. The van der Waals surface area contributed by atoms with Crippen molar-refractivity contribution in [3.05, 3.63) is 77.2 Å². The van der Waals surface area contributed by atoms with Crippen molar-refractivity contribution in [3.8, 4) is 5.95 Å². The summed E-state index contributed by atoms with van der Waals surface area (Å²) in [4.78, 5) is 14.4. The SMILES string of the molecule is Cc1cc2cccnc2n1-c1nc2c(c(NCc3ccccc3)n1)CNCC2. The van der Waals surface area contributed by atoms with Crippen LogP contribution in [0.5, 0.6) is 0 Å². The third-order valence-corrected chi connectivity index (χ3v) is 5.17. The highest BCUT2D eigenvalue weighted by Gasteiger charge is 2.20. The Kier molecular flexibility index (Phi) is 4.25. The van der Waals surface area contributed by atoms with Crippen LogP contribution < -0.4 is 10.6 Å². The number of hydrogen-bond acceptors (Lipinski definition) is 5. The fourth-order valence-electron chi connectivity index (χ4n) is 3.78. The largest absolute Gasteiger partial charge is 0.366 e. The Bertz CT molecular complexity index is 1130. The number of pyridine rings is 1. The number of hydrogen-bond donors (Lipinski definition) is 2. The van der Waals surface area contributed by atoms with Gasteiger partial charge in [0.2, 0.25) is 5.95 Å². The fraction of sp³-hybridized carbons (Fsp3) is 0.227. The molecule has 4 aromatic rings. The van der Waals surface area contributed by atoms with Gasteiger partial charge >= 0.3 is 0 Å². The lowest BCUT2D eigenvalue weighted by molar-refractivity contribution is 0.624. The standard InChI is InChI=1S/C22H22N6/c1-15-12-17-8-5-10-24-21(17)28(15)22-26-19-9-11-23-14-18(19)20(27-22)25-13-16-6-3-2-4-7-16/h2-8,10,12,23H,9,11,13-14H2,1H3,(H,25,26,27). The first-order valence-electron chi connectivity index (χ1n) is 9.61. The summed E-state index contributed by atoms with van der Waals surface area (Å²) in [7, 11) is 0. The van der Waals surface area contributed by atoms with Crippen molar-refractivity contribution in [3.63, 3.8) is 0 Å². The van der Waals surface area contributed by atoms with Gasteiger partial charge in [0.05, 0.1) is 5.69 Å². The summed E-state index contributed by atoms with van der Waals surface area (Å²) >= 11 is 0. The normalized spacial score (nSPS) is 13.5. The first kappa shape index (κ1) is 16.9. The lowest BCUT2D eigenvalue weighted by Crippen LogP contribution is -2.27. The fourth-order valence-corrected chi connectivity index (χ4v) is 3.78. The summed E-state index contributed by atoms with van der Waals surface area (Å²) in [6.07, 6.45) is 2.71. The number of aryl methyl sites for hydroxylation is 1. The highest BCUT2D eigenvalue weighted by Crippen LogP contribution is 2.25. The number of nitrogens with one attached hydrogen (secondary N) is 2. The number of anilines is 1. The molecule has 0 fully saturated rings. The molecule has 1 aliphatic heterocycles. The maximum atomic E-state index is 4.92. The number of aromatic nitrogens is 4. The molecule has 1 aromatic carbocycles. The van der Waals surface area contributed by atoms with Crippen molar-refractivity contribution in [2.24, 2.45) is 0 Å². The van der Waals surface area contributed by atoms with Crippen LogP contribution >= 0.6 is 0 Å². The van der Waals surface area contributed by atoms with Gasteiger partial charge in [-0.2, -0.15) is 4.98 Å². The molecule has 0 saturated carbocycles. The molecule has 6 heteroatoms. The molecular weight excluding hydrogens is 348 g/mol. The zero-order valence-electron chi connectivity index (χ0n) is 15.8. The summed E-state index contributed by atoms with van der Waals surface area (Å²) in [5, 5.41) is 8.07. The van der Waals surface area contributed by atoms with Crippen molar-refractivity contribution >= 4 is 16.9 Å². The van der Waals surface area contributed by atoms with Gasteiger partial charge in [0.25, 0.3) is 0 Å². The minimum atomic E-state index is 0.683. The van der Waals surface area contributed by atoms with Gasteiger partial charge in [-0.15, -0.1) is 0 Å². The summed E-state index contributed by atoms with van der Waals surface area (Å²) < 4.78 is 2.05. The Labute approximate surface area is 163 Å². The van der Waals surface area contributed by atoms with Crippen molar-refractivity contribution in [2.45, 2.75) is 26.4 Å². The summed E-state index contributed by atoms with van der Waals surface area (Å²) in [6, 6.07) is 16.5. The van der Waals surface area contributed by atoms with Crippen LogP contribution in [-0.4, -0.2) is 26.1 Å². The van der Waals surface area contributed by atoms with Crippen LogP contribution in [0.3, 0.4) is 0 Å². The van der Waals surface area contributed by atoms with E-state index in [1.165, 1.54) is 5.56 Å². The summed E-state index contributed by atoms with van der Waals surface area (Å²) in [6.45, 7) is 4.53. The second kappa shape index (κ2) is 7.05. The Morgan fingerprint density at radius 2 is 2.00 bits per heavy atom. The Morgan fingerprint density at radius 1 is 1.11 bits per heavy atom. The molecule has 0 radical (unpaired) electrons. The predicted molar refractivity (Wildman–Crippen MR) is 111 cm³/mol. The van der Waals surface area contributed by atoms with Crippen molar-refractivity contribution < 1.29 is 0 Å². The van der Waals surface area contributed by atoms with E-state index >= 15 is 0 Å². The summed E-state index contributed by atoms with van der Waals surface area (Å²) in [5.41, 5.74) is 5.47. The quantitative estimate of drug-likeness (QED) is 0.576. The molecule has 2 N–H and O–H groups in total. The van der Waals surface area contributed by atoms with Gasteiger partial charge in [0, 0.05) is 48.9 Å². The van der Waals surface area contributed by atoms with Crippen LogP contribution in [0.1, 0.15) is 22.5 Å². The Morgan fingerprint density at radius 3 is 2.89 bits per heavy atom. The average molecular weight is 370 g/mol. The number of rotatable bonds is 4. The van der Waals surface area contributed by atoms with E-state index in [1.807, 2.05) is 22.9 Å². The monoisotopic (exact) mass is 370 g/mol. The third kappa shape index (κ3) is 3.01. The lowest BCUT2D eigenvalue weighted by atomic mass is 10.1. The Balaban J connectivity index is 1.60. The van der Waals surface area contributed by atoms with E-state index < -0.39 is 0 Å². The first-order chi connectivity index (χ1) is 13.8. The van der Waals surface area contributed by atoms with Crippen molar-refractivity contribution in [1.82, 2.24) is 24.8 Å². The van der Waals surface area contributed by atoms with Gasteiger partial charge in [-0.3, -0.25) is 4.57 Å². The zero-order chi connectivity index (χ0) is 18.9. The second-order valence-corrected chi connectivity index (χ2v) is 7.10. The van der Waals surface area contributed by atoms with E-state index in [9.17, 15) is 0 Å². The molecule has 1 aliphatic rings. The molecule has 4 heterocycles. The van der Waals surface area contributed by atoms with Gasteiger partial charge in [-0.1, -0.05) is 30.3 Å². The van der Waals surface area contributed by atoms with E-state index in [1.54, 1.807) is 0 Å². The topological polar surface area (TPSA) is 67.7 Å². The van der Waals surface area contributed by atoms with Crippen LogP contribution in [-0.2, 0) is 19.5 Å². The van der Waals surface area contributed by atoms with E-state index in [2.05, 4.69) is 58.9 Å². The zero-order valence-corrected chi connectivity index (χ0v) is 15.8. The van der Waals surface area contributed by atoms with Gasteiger partial charge in [-0.25, -0.2) is 9.97 Å². The summed E-state index contributed by atoms with van der Waals surface area (Å²) in [5.74, 6) is 1.58. The number of nitrogens with zero attached hydrogens (tertiary/aromatic N) is 4. The molecule has 0 spiro atoms. The predicted octanol–water partition coefficient (Wildman–Crippen LogP) is 3.38. The number of benzene rings is 1. The Hall–Kier alpha value is -3.25.